The maximum atomic E-state index is 13.1. The van der Waals surface area contributed by atoms with Crippen LogP contribution in [-0.4, -0.2) is 63.2 Å². The molecule has 6 nitrogen and oxygen atoms in total. The second-order valence-electron chi connectivity index (χ2n) is 7.04. The number of hydrogen-bond donors (Lipinski definition) is 0. The van der Waals surface area contributed by atoms with Crippen LogP contribution in [0.4, 0.5) is 0 Å². The molecule has 0 saturated heterocycles. The molecule has 0 fully saturated rings. The summed E-state index contributed by atoms with van der Waals surface area (Å²) < 4.78 is 1.68. The van der Waals surface area contributed by atoms with Gasteiger partial charge in [-0.25, -0.2) is 9.67 Å². The summed E-state index contributed by atoms with van der Waals surface area (Å²) in [5, 5.41) is 5.12. The van der Waals surface area contributed by atoms with E-state index >= 15 is 0 Å². The van der Waals surface area contributed by atoms with Crippen LogP contribution >= 0.6 is 11.6 Å². The molecule has 0 aliphatic rings. The van der Waals surface area contributed by atoms with E-state index in [1.54, 1.807) is 16.8 Å². The molecule has 27 heavy (non-hydrogen) atoms. The van der Waals surface area contributed by atoms with Gasteiger partial charge in [-0.2, -0.15) is 0 Å². The lowest BCUT2D eigenvalue weighted by molar-refractivity contribution is 0.0704. The average Bonchev–Trinajstić information content (AvgIpc) is 3.03. The van der Waals surface area contributed by atoms with Gasteiger partial charge in [-0.1, -0.05) is 39.3 Å². The van der Waals surface area contributed by atoms with Crippen LogP contribution in [0.25, 0.3) is 5.69 Å². The van der Waals surface area contributed by atoms with Gasteiger partial charge in [-0.3, -0.25) is 4.79 Å². The molecule has 7 heteroatoms. The van der Waals surface area contributed by atoms with Gasteiger partial charge in [0.25, 0.3) is 5.91 Å². The van der Waals surface area contributed by atoms with Gasteiger partial charge in [0.15, 0.2) is 0 Å². The third kappa shape index (κ3) is 5.78. The Morgan fingerprint density at radius 3 is 2.33 bits per heavy atom. The molecule has 2 aromatic rings. The maximum Gasteiger partial charge on any atom is 0.293 e. The van der Waals surface area contributed by atoms with Crippen molar-refractivity contribution < 1.29 is 4.79 Å². The summed E-state index contributed by atoms with van der Waals surface area (Å²) in [7, 11) is 0. The highest BCUT2D eigenvalue weighted by Gasteiger charge is 2.22. The van der Waals surface area contributed by atoms with E-state index in [9.17, 15) is 4.79 Å². The SMILES string of the molecule is CCN(CC)CCN(CC(C)C)C(=O)c1nc(C)n(-c2ccc(Cl)cc2)n1. The largest absolute Gasteiger partial charge is 0.334 e. The van der Waals surface area contributed by atoms with Crippen molar-refractivity contribution >= 4 is 17.5 Å². The molecule has 0 N–H and O–H groups in total. The number of halogens is 1. The Hall–Kier alpha value is -1.92. The normalized spacial score (nSPS) is 11.4. The quantitative estimate of drug-likeness (QED) is 0.654. The van der Waals surface area contributed by atoms with Crippen LogP contribution in [0.3, 0.4) is 0 Å². The summed E-state index contributed by atoms with van der Waals surface area (Å²) in [5.41, 5.74) is 0.835. The summed E-state index contributed by atoms with van der Waals surface area (Å²) in [6, 6.07) is 7.33. The zero-order valence-corrected chi connectivity index (χ0v) is 17.7. The average molecular weight is 392 g/mol. The van der Waals surface area contributed by atoms with Crippen molar-refractivity contribution in [3.63, 3.8) is 0 Å². The maximum absolute atomic E-state index is 13.1. The fourth-order valence-electron chi connectivity index (χ4n) is 2.97. The van der Waals surface area contributed by atoms with Gasteiger partial charge in [0.1, 0.15) is 5.82 Å². The summed E-state index contributed by atoms with van der Waals surface area (Å²) in [6.07, 6.45) is 0. The first-order chi connectivity index (χ1) is 12.8. The number of carbonyl (C=O) groups is 1. The molecule has 0 aliphatic heterocycles. The molecular formula is C20H30ClN5O. The monoisotopic (exact) mass is 391 g/mol. The van der Waals surface area contributed by atoms with Crippen molar-refractivity contribution in [3.05, 3.63) is 40.9 Å². The first kappa shape index (κ1) is 21.4. The Bertz CT molecular complexity index is 737. The third-order valence-corrected chi connectivity index (χ3v) is 4.74. The van der Waals surface area contributed by atoms with E-state index in [-0.39, 0.29) is 11.7 Å². The van der Waals surface area contributed by atoms with Gasteiger partial charge < -0.3 is 9.80 Å². The van der Waals surface area contributed by atoms with Gasteiger partial charge >= 0.3 is 0 Å². The van der Waals surface area contributed by atoms with Crippen LogP contribution in [0, 0.1) is 12.8 Å². The van der Waals surface area contributed by atoms with E-state index in [0.717, 1.165) is 25.3 Å². The van der Waals surface area contributed by atoms with Crippen molar-refractivity contribution in [1.29, 1.82) is 0 Å². The highest BCUT2D eigenvalue weighted by molar-refractivity contribution is 6.30. The lowest BCUT2D eigenvalue weighted by atomic mass is 10.2. The molecule has 1 aromatic heterocycles. The second kappa shape index (κ2) is 9.85. The molecule has 0 bridgehead atoms. The van der Waals surface area contributed by atoms with Gasteiger partial charge in [0.2, 0.25) is 5.82 Å². The van der Waals surface area contributed by atoms with Crippen molar-refractivity contribution in [2.45, 2.75) is 34.6 Å². The minimum absolute atomic E-state index is 0.119. The van der Waals surface area contributed by atoms with E-state index in [1.807, 2.05) is 24.0 Å². The summed E-state index contributed by atoms with van der Waals surface area (Å²) in [6.45, 7) is 14.5. The van der Waals surface area contributed by atoms with Crippen molar-refractivity contribution in [1.82, 2.24) is 24.6 Å². The summed E-state index contributed by atoms with van der Waals surface area (Å²) in [5.74, 6) is 1.17. The smallest absolute Gasteiger partial charge is 0.293 e. The third-order valence-electron chi connectivity index (χ3n) is 4.48. The highest BCUT2D eigenvalue weighted by atomic mass is 35.5. The number of rotatable bonds is 9. The zero-order valence-electron chi connectivity index (χ0n) is 16.9. The number of aromatic nitrogens is 3. The standard InChI is InChI=1S/C20H30ClN5O/c1-6-24(7-2)12-13-25(14-15(3)4)20(27)19-22-16(5)26(23-19)18-10-8-17(21)9-11-18/h8-11,15H,6-7,12-14H2,1-5H3. The molecule has 1 amide bonds. The predicted octanol–water partition coefficient (Wildman–Crippen LogP) is 3.67. The fraction of sp³-hybridized carbons (Fsp3) is 0.550. The summed E-state index contributed by atoms with van der Waals surface area (Å²) in [4.78, 5) is 21.7. The molecule has 2 rings (SSSR count). The first-order valence-corrected chi connectivity index (χ1v) is 9.94. The number of carbonyl (C=O) groups excluding carboxylic acids is 1. The molecule has 1 heterocycles. The van der Waals surface area contributed by atoms with Crippen molar-refractivity contribution in [3.8, 4) is 5.69 Å². The molecule has 1 aromatic carbocycles. The number of benzene rings is 1. The minimum atomic E-state index is -0.119. The van der Waals surface area contributed by atoms with Crippen molar-refractivity contribution in [2.24, 2.45) is 5.92 Å². The van der Waals surface area contributed by atoms with Crippen LogP contribution in [0.1, 0.15) is 44.1 Å². The van der Waals surface area contributed by atoms with Gasteiger partial charge in [-0.15, -0.1) is 5.10 Å². The Labute approximate surface area is 167 Å². The molecule has 0 aliphatic carbocycles. The van der Waals surface area contributed by atoms with E-state index in [4.69, 9.17) is 11.6 Å². The van der Waals surface area contributed by atoms with Gasteiger partial charge in [0, 0.05) is 24.7 Å². The number of hydrogen-bond acceptors (Lipinski definition) is 4. The van der Waals surface area contributed by atoms with Gasteiger partial charge in [0.05, 0.1) is 5.69 Å². The predicted molar refractivity (Wildman–Crippen MR) is 110 cm³/mol. The molecule has 0 radical (unpaired) electrons. The number of nitrogens with zero attached hydrogens (tertiary/aromatic N) is 5. The fourth-order valence-corrected chi connectivity index (χ4v) is 3.09. The molecule has 0 unspecified atom stereocenters. The molecule has 0 spiro atoms. The molecular weight excluding hydrogens is 362 g/mol. The molecule has 148 valence electrons. The van der Waals surface area contributed by atoms with Gasteiger partial charge in [-0.05, 0) is 50.2 Å². The Balaban J connectivity index is 2.21. The Morgan fingerprint density at radius 2 is 1.78 bits per heavy atom. The van der Waals surface area contributed by atoms with Crippen LogP contribution in [0.2, 0.25) is 5.02 Å². The minimum Gasteiger partial charge on any atom is -0.334 e. The van der Waals surface area contributed by atoms with Crippen molar-refractivity contribution in [2.75, 3.05) is 32.7 Å². The van der Waals surface area contributed by atoms with E-state index in [1.165, 1.54) is 0 Å². The number of amides is 1. The second-order valence-corrected chi connectivity index (χ2v) is 7.48. The molecule has 0 atom stereocenters. The van der Waals surface area contributed by atoms with E-state index < -0.39 is 0 Å². The van der Waals surface area contributed by atoms with Crippen LogP contribution in [0.5, 0.6) is 0 Å². The lowest BCUT2D eigenvalue weighted by Gasteiger charge is -2.27. The lowest BCUT2D eigenvalue weighted by Crippen LogP contribution is -2.41. The Morgan fingerprint density at radius 1 is 1.15 bits per heavy atom. The van der Waals surface area contributed by atoms with Crippen LogP contribution in [0.15, 0.2) is 24.3 Å². The zero-order chi connectivity index (χ0) is 20.0. The van der Waals surface area contributed by atoms with Crippen LogP contribution in [-0.2, 0) is 0 Å². The number of likely N-dealkylation sites (N-methyl/N-ethyl adjacent to an activating group) is 1. The molecule has 0 saturated carbocycles. The van der Waals surface area contributed by atoms with Crippen LogP contribution < -0.4 is 0 Å². The number of aryl methyl sites for hydroxylation is 1. The van der Waals surface area contributed by atoms with E-state index in [2.05, 4.69) is 42.7 Å². The first-order valence-electron chi connectivity index (χ1n) is 9.56. The summed E-state index contributed by atoms with van der Waals surface area (Å²) >= 11 is 5.96. The highest BCUT2D eigenvalue weighted by Crippen LogP contribution is 2.15. The topological polar surface area (TPSA) is 54.3 Å². The van der Waals surface area contributed by atoms with E-state index in [0.29, 0.717) is 29.9 Å². The Kier molecular flexibility index (Phi) is 7.80.